The molecule has 0 saturated carbocycles. The highest BCUT2D eigenvalue weighted by Crippen LogP contribution is 2.39. The minimum atomic E-state index is -0.236. The van der Waals surface area contributed by atoms with Crippen LogP contribution in [0.25, 0.3) is 0 Å². The van der Waals surface area contributed by atoms with Crippen molar-refractivity contribution in [1.29, 1.82) is 0 Å². The number of nitrogens with zero attached hydrogens (tertiary/aromatic N) is 2. The lowest BCUT2D eigenvalue weighted by molar-refractivity contribution is 0.310. The van der Waals surface area contributed by atoms with E-state index in [1.807, 2.05) is 36.4 Å². The molecule has 0 unspecified atom stereocenters. The van der Waals surface area contributed by atoms with Crippen LogP contribution in [-0.2, 0) is 13.0 Å². The summed E-state index contributed by atoms with van der Waals surface area (Å²) in [4.78, 5) is 4.56. The first-order valence-electron chi connectivity index (χ1n) is 10.2. The van der Waals surface area contributed by atoms with Gasteiger partial charge in [0.2, 0.25) is 0 Å². The van der Waals surface area contributed by atoms with E-state index in [4.69, 9.17) is 9.47 Å². The van der Waals surface area contributed by atoms with Crippen LogP contribution in [0, 0.1) is 5.82 Å². The zero-order chi connectivity index (χ0) is 20.9. The van der Waals surface area contributed by atoms with Crippen LogP contribution in [0.15, 0.2) is 66.7 Å². The van der Waals surface area contributed by atoms with Gasteiger partial charge in [-0.3, -0.25) is 0 Å². The minimum absolute atomic E-state index is 0.236. The second kappa shape index (κ2) is 9.18. The minimum Gasteiger partial charge on any atom is -0.497 e. The molecular weight excluding hydrogens is 379 g/mol. The second-order valence-electron chi connectivity index (χ2n) is 7.58. The van der Waals surface area contributed by atoms with Gasteiger partial charge in [0.1, 0.15) is 23.9 Å². The molecular formula is C25H27FN2O2. The lowest BCUT2D eigenvalue weighted by Gasteiger charge is -2.28. The van der Waals surface area contributed by atoms with Gasteiger partial charge < -0.3 is 19.3 Å². The smallest absolute Gasteiger partial charge is 0.143 e. The number of hydrogen-bond acceptors (Lipinski definition) is 4. The normalized spacial score (nSPS) is 12.7. The molecule has 0 atom stereocenters. The Morgan fingerprint density at radius 3 is 2.60 bits per heavy atom. The number of halogens is 1. The van der Waals surface area contributed by atoms with Crippen LogP contribution < -0.4 is 14.4 Å². The predicted octanol–water partition coefficient (Wildman–Crippen LogP) is 5.04. The number of rotatable bonds is 7. The zero-order valence-electron chi connectivity index (χ0n) is 17.5. The highest BCUT2D eigenvalue weighted by Gasteiger charge is 2.22. The first-order chi connectivity index (χ1) is 14.6. The number of fused-ring (bicyclic) bond motifs is 2. The van der Waals surface area contributed by atoms with E-state index in [0.29, 0.717) is 6.61 Å². The van der Waals surface area contributed by atoms with Crippen molar-refractivity contribution in [3.05, 3.63) is 83.7 Å². The molecule has 0 radical (unpaired) electrons. The van der Waals surface area contributed by atoms with E-state index in [2.05, 4.69) is 35.0 Å². The van der Waals surface area contributed by atoms with Gasteiger partial charge >= 0.3 is 0 Å². The SMILES string of the molecule is COc1ccc(CCN(C)CCN2c3ccc(F)cc3COc3ccccc32)cc1. The molecule has 0 aromatic heterocycles. The number of para-hydroxylation sites is 2. The summed E-state index contributed by atoms with van der Waals surface area (Å²) in [5.41, 5.74) is 4.18. The van der Waals surface area contributed by atoms with Gasteiger partial charge in [-0.05, 0) is 61.5 Å². The second-order valence-corrected chi connectivity index (χ2v) is 7.58. The number of ether oxygens (including phenoxy) is 2. The third kappa shape index (κ3) is 4.57. The quantitative estimate of drug-likeness (QED) is 0.549. The predicted molar refractivity (Wildman–Crippen MR) is 118 cm³/mol. The summed E-state index contributed by atoms with van der Waals surface area (Å²) >= 11 is 0. The van der Waals surface area contributed by atoms with E-state index in [1.54, 1.807) is 13.2 Å². The van der Waals surface area contributed by atoms with Gasteiger partial charge in [0.05, 0.1) is 12.8 Å². The van der Waals surface area contributed by atoms with E-state index in [9.17, 15) is 4.39 Å². The lowest BCUT2D eigenvalue weighted by Crippen LogP contribution is -2.32. The van der Waals surface area contributed by atoms with Gasteiger partial charge in [0, 0.05) is 30.9 Å². The average molecular weight is 407 g/mol. The first-order valence-corrected chi connectivity index (χ1v) is 10.2. The molecule has 156 valence electrons. The molecule has 1 aliphatic heterocycles. The molecule has 3 aromatic rings. The summed E-state index contributed by atoms with van der Waals surface area (Å²) in [6.45, 7) is 2.99. The van der Waals surface area contributed by atoms with Crippen molar-refractivity contribution in [1.82, 2.24) is 4.90 Å². The Morgan fingerprint density at radius 2 is 1.80 bits per heavy atom. The van der Waals surface area contributed by atoms with Crippen LogP contribution in [0.1, 0.15) is 11.1 Å². The number of likely N-dealkylation sites (N-methyl/N-ethyl adjacent to an activating group) is 1. The monoisotopic (exact) mass is 406 g/mol. The van der Waals surface area contributed by atoms with Crippen molar-refractivity contribution >= 4 is 11.4 Å². The maximum Gasteiger partial charge on any atom is 0.143 e. The van der Waals surface area contributed by atoms with Crippen LogP contribution in [0.2, 0.25) is 0 Å². The van der Waals surface area contributed by atoms with E-state index in [-0.39, 0.29) is 5.82 Å². The fraction of sp³-hybridized carbons (Fsp3) is 0.280. The Hall–Kier alpha value is -3.05. The van der Waals surface area contributed by atoms with Crippen LogP contribution in [0.3, 0.4) is 0 Å². The molecule has 0 spiro atoms. The standard InChI is InChI=1S/C25H27FN2O2/c1-27(14-13-19-7-10-22(29-2)11-8-19)15-16-28-23-12-9-21(26)17-20(23)18-30-25-6-4-3-5-24(25)28/h3-12,17H,13-16,18H2,1-2H3. The summed E-state index contributed by atoms with van der Waals surface area (Å²) in [6.07, 6.45) is 0.974. The van der Waals surface area contributed by atoms with Crippen molar-refractivity contribution in [3.8, 4) is 11.5 Å². The Morgan fingerprint density at radius 1 is 1.00 bits per heavy atom. The molecule has 1 aliphatic rings. The van der Waals surface area contributed by atoms with Crippen molar-refractivity contribution in [3.63, 3.8) is 0 Å². The van der Waals surface area contributed by atoms with Crippen molar-refractivity contribution in [2.24, 2.45) is 0 Å². The highest BCUT2D eigenvalue weighted by molar-refractivity contribution is 5.72. The van der Waals surface area contributed by atoms with E-state index >= 15 is 0 Å². The molecule has 0 amide bonds. The summed E-state index contributed by atoms with van der Waals surface area (Å²) in [6, 6.07) is 21.2. The average Bonchev–Trinajstić information content (AvgIpc) is 2.93. The number of hydrogen-bond donors (Lipinski definition) is 0. The molecule has 0 aliphatic carbocycles. The highest BCUT2D eigenvalue weighted by atomic mass is 19.1. The molecule has 0 N–H and O–H groups in total. The molecule has 0 fully saturated rings. The van der Waals surface area contributed by atoms with Crippen LogP contribution in [0.4, 0.5) is 15.8 Å². The van der Waals surface area contributed by atoms with Gasteiger partial charge in [0.15, 0.2) is 0 Å². The lowest BCUT2D eigenvalue weighted by atomic mass is 10.1. The molecule has 30 heavy (non-hydrogen) atoms. The molecule has 5 heteroatoms. The van der Waals surface area contributed by atoms with Gasteiger partial charge in [-0.1, -0.05) is 24.3 Å². The Kier molecular flexibility index (Phi) is 6.19. The Bertz CT molecular complexity index is 991. The summed E-state index contributed by atoms with van der Waals surface area (Å²) in [5, 5.41) is 0. The Balaban J connectivity index is 1.45. The van der Waals surface area contributed by atoms with Gasteiger partial charge in [-0.15, -0.1) is 0 Å². The largest absolute Gasteiger partial charge is 0.497 e. The molecule has 4 nitrogen and oxygen atoms in total. The third-order valence-corrected chi connectivity index (χ3v) is 5.52. The molecule has 0 saturated heterocycles. The number of benzene rings is 3. The Labute approximate surface area is 177 Å². The van der Waals surface area contributed by atoms with Crippen molar-refractivity contribution in [2.75, 3.05) is 38.7 Å². The summed E-state index contributed by atoms with van der Waals surface area (Å²) < 4.78 is 25.0. The molecule has 0 bridgehead atoms. The zero-order valence-corrected chi connectivity index (χ0v) is 17.5. The van der Waals surface area contributed by atoms with Crippen LogP contribution >= 0.6 is 0 Å². The van der Waals surface area contributed by atoms with E-state index < -0.39 is 0 Å². The fourth-order valence-electron chi connectivity index (χ4n) is 3.76. The summed E-state index contributed by atoms with van der Waals surface area (Å²) in [7, 11) is 3.82. The van der Waals surface area contributed by atoms with Gasteiger partial charge in [-0.25, -0.2) is 4.39 Å². The topological polar surface area (TPSA) is 24.9 Å². The summed E-state index contributed by atoms with van der Waals surface area (Å²) in [5.74, 6) is 1.47. The number of methoxy groups -OCH3 is 1. The maximum atomic E-state index is 13.8. The molecule has 3 aromatic carbocycles. The fourth-order valence-corrected chi connectivity index (χ4v) is 3.76. The van der Waals surface area contributed by atoms with Gasteiger partial charge in [0.25, 0.3) is 0 Å². The number of anilines is 2. The van der Waals surface area contributed by atoms with E-state index in [1.165, 1.54) is 11.6 Å². The van der Waals surface area contributed by atoms with Gasteiger partial charge in [-0.2, -0.15) is 0 Å². The van der Waals surface area contributed by atoms with E-state index in [0.717, 1.165) is 54.5 Å². The molecule has 4 rings (SSSR count). The first kappa shape index (κ1) is 20.2. The van der Waals surface area contributed by atoms with Crippen molar-refractivity contribution < 1.29 is 13.9 Å². The van der Waals surface area contributed by atoms with Crippen LogP contribution in [-0.4, -0.2) is 38.7 Å². The molecule has 1 heterocycles. The maximum absolute atomic E-state index is 13.8. The van der Waals surface area contributed by atoms with Crippen LogP contribution in [0.5, 0.6) is 11.5 Å². The van der Waals surface area contributed by atoms with Crippen molar-refractivity contribution in [2.45, 2.75) is 13.0 Å². The third-order valence-electron chi connectivity index (χ3n) is 5.52.